The minimum Gasteiger partial charge on any atom is -0.481 e. The second kappa shape index (κ2) is 7.81. The van der Waals surface area contributed by atoms with E-state index in [1.165, 1.54) is 0 Å². The molecule has 1 atom stereocenters. The number of hydrogen-bond donors (Lipinski definition) is 2. The molecule has 6 heteroatoms. The van der Waals surface area contributed by atoms with Crippen LogP contribution in [0.3, 0.4) is 0 Å². The number of hydrogen-bond acceptors (Lipinski definition) is 4. The summed E-state index contributed by atoms with van der Waals surface area (Å²) in [6, 6.07) is 3.95. The lowest BCUT2D eigenvalue weighted by molar-refractivity contribution is -0.152. The predicted molar refractivity (Wildman–Crippen MR) is 91.8 cm³/mol. The lowest BCUT2D eigenvalue weighted by Crippen LogP contribution is -2.48. The summed E-state index contributed by atoms with van der Waals surface area (Å²) in [6.45, 7) is 9.13. The summed E-state index contributed by atoms with van der Waals surface area (Å²) in [4.78, 5) is 24.9. The van der Waals surface area contributed by atoms with Crippen LogP contribution in [0.15, 0.2) is 17.5 Å². The first-order valence-electron chi connectivity index (χ1n) is 7.79. The van der Waals surface area contributed by atoms with E-state index in [-0.39, 0.29) is 12.5 Å². The van der Waals surface area contributed by atoms with Gasteiger partial charge in [-0.05, 0) is 51.0 Å². The number of ether oxygens (including phenoxy) is 1. The molecule has 1 unspecified atom stereocenters. The zero-order chi connectivity index (χ0) is 17.7. The molecule has 23 heavy (non-hydrogen) atoms. The van der Waals surface area contributed by atoms with Crippen LogP contribution in [0.5, 0.6) is 0 Å². The van der Waals surface area contributed by atoms with Gasteiger partial charge in [-0.1, -0.05) is 19.9 Å². The van der Waals surface area contributed by atoms with Crippen LogP contribution < -0.4 is 5.32 Å². The normalized spacial score (nSPS) is 14.3. The van der Waals surface area contributed by atoms with Gasteiger partial charge in [0.2, 0.25) is 0 Å². The minimum atomic E-state index is -1.01. The highest BCUT2D eigenvalue weighted by atomic mass is 32.1. The molecule has 0 saturated heterocycles. The van der Waals surface area contributed by atoms with E-state index >= 15 is 0 Å². The number of carbonyl (C=O) groups is 2. The lowest BCUT2D eigenvalue weighted by Gasteiger charge is -2.34. The summed E-state index contributed by atoms with van der Waals surface area (Å²) in [5.74, 6) is -1.00. The molecular weight excluding hydrogens is 314 g/mol. The number of carbonyl (C=O) groups excluding carboxylic acids is 1. The van der Waals surface area contributed by atoms with Crippen LogP contribution in [-0.2, 0) is 16.0 Å². The molecule has 1 heterocycles. The molecule has 1 amide bonds. The molecule has 0 spiro atoms. The molecule has 1 rings (SSSR count). The summed E-state index contributed by atoms with van der Waals surface area (Å²) < 4.78 is 5.20. The summed E-state index contributed by atoms with van der Waals surface area (Å²) in [5.41, 5.74) is -1.62. The fourth-order valence-corrected chi connectivity index (χ4v) is 3.06. The second-order valence-electron chi connectivity index (χ2n) is 7.05. The summed E-state index contributed by atoms with van der Waals surface area (Å²) in [7, 11) is 0. The topological polar surface area (TPSA) is 75.6 Å². The van der Waals surface area contributed by atoms with Crippen LogP contribution in [0.25, 0.3) is 0 Å². The van der Waals surface area contributed by atoms with E-state index in [0.717, 1.165) is 4.88 Å². The Balaban J connectivity index is 2.78. The Morgan fingerprint density at radius 2 is 2.00 bits per heavy atom. The molecule has 130 valence electrons. The monoisotopic (exact) mass is 341 g/mol. The van der Waals surface area contributed by atoms with Gasteiger partial charge in [0.15, 0.2) is 0 Å². The van der Waals surface area contributed by atoms with Gasteiger partial charge in [-0.25, -0.2) is 4.79 Å². The van der Waals surface area contributed by atoms with Gasteiger partial charge in [-0.2, -0.15) is 0 Å². The van der Waals surface area contributed by atoms with Gasteiger partial charge in [0.1, 0.15) is 5.60 Å². The van der Waals surface area contributed by atoms with E-state index in [4.69, 9.17) is 4.74 Å². The van der Waals surface area contributed by atoms with Crippen molar-refractivity contribution in [2.24, 2.45) is 11.3 Å². The molecule has 1 aromatic heterocycles. The van der Waals surface area contributed by atoms with Crippen molar-refractivity contribution < 1.29 is 19.4 Å². The Bertz CT molecular complexity index is 519. The van der Waals surface area contributed by atoms with Gasteiger partial charge in [0.05, 0.1) is 5.41 Å². The van der Waals surface area contributed by atoms with Crippen LogP contribution in [0.4, 0.5) is 4.79 Å². The number of nitrogens with one attached hydrogen (secondary N) is 1. The summed E-state index contributed by atoms with van der Waals surface area (Å²) in [6.07, 6.45) is 0.564. The predicted octanol–water partition coefficient (Wildman–Crippen LogP) is 3.93. The van der Waals surface area contributed by atoms with E-state index in [1.54, 1.807) is 32.1 Å². The number of aliphatic carboxylic acids is 1. The van der Waals surface area contributed by atoms with E-state index < -0.39 is 23.1 Å². The number of aryl methyl sites for hydroxylation is 1. The van der Waals surface area contributed by atoms with Crippen molar-refractivity contribution in [2.75, 3.05) is 6.54 Å². The molecule has 0 saturated carbocycles. The molecule has 0 fully saturated rings. The van der Waals surface area contributed by atoms with Gasteiger partial charge in [-0.15, -0.1) is 11.3 Å². The number of alkyl carbamates (subject to hydrolysis) is 1. The molecule has 0 bridgehead atoms. The standard InChI is InChI=1S/C17H27NO4S/c1-12(2)17(14(19)20,9-8-13-7-6-10-23-13)11-18-15(21)22-16(3,4)5/h6-7,10,12H,8-9,11H2,1-5H3,(H,18,21)(H,19,20). The van der Waals surface area contributed by atoms with Gasteiger partial charge in [-0.3, -0.25) is 4.79 Å². The van der Waals surface area contributed by atoms with Crippen LogP contribution in [0.2, 0.25) is 0 Å². The number of rotatable bonds is 7. The van der Waals surface area contributed by atoms with Crippen molar-refractivity contribution >= 4 is 23.4 Å². The van der Waals surface area contributed by atoms with E-state index in [9.17, 15) is 14.7 Å². The van der Waals surface area contributed by atoms with Crippen molar-refractivity contribution in [3.8, 4) is 0 Å². The molecule has 1 aromatic rings. The van der Waals surface area contributed by atoms with Crippen LogP contribution in [-0.4, -0.2) is 29.3 Å². The second-order valence-corrected chi connectivity index (χ2v) is 8.08. The third-order valence-electron chi connectivity index (χ3n) is 3.88. The number of carboxylic acids is 1. The van der Waals surface area contributed by atoms with Crippen molar-refractivity contribution in [2.45, 2.75) is 53.1 Å². The highest BCUT2D eigenvalue weighted by Crippen LogP contribution is 2.33. The van der Waals surface area contributed by atoms with Gasteiger partial charge >= 0.3 is 12.1 Å². The minimum absolute atomic E-state index is 0.0558. The van der Waals surface area contributed by atoms with Crippen LogP contribution >= 0.6 is 11.3 Å². The maximum absolute atomic E-state index is 11.9. The molecule has 0 radical (unpaired) electrons. The third-order valence-corrected chi connectivity index (χ3v) is 4.81. The average molecular weight is 341 g/mol. The molecule has 5 nitrogen and oxygen atoms in total. The number of thiophene rings is 1. The Hall–Kier alpha value is -1.56. The van der Waals surface area contributed by atoms with Gasteiger partial charge in [0, 0.05) is 11.4 Å². The zero-order valence-electron chi connectivity index (χ0n) is 14.5. The van der Waals surface area contributed by atoms with Crippen molar-refractivity contribution in [1.82, 2.24) is 5.32 Å². The fraction of sp³-hybridized carbons (Fsp3) is 0.647. The van der Waals surface area contributed by atoms with Crippen LogP contribution in [0.1, 0.15) is 45.9 Å². The molecule has 0 aliphatic carbocycles. The quantitative estimate of drug-likeness (QED) is 0.788. The van der Waals surface area contributed by atoms with Crippen molar-refractivity contribution in [3.05, 3.63) is 22.4 Å². The molecule has 0 aliphatic rings. The Kier molecular flexibility index (Phi) is 6.62. The lowest BCUT2D eigenvalue weighted by atomic mass is 9.73. The van der Waals surface area contributed by atoms with Gasteiger partial charge in [0.25, 0.3) is 0 Å². The van der Waals surface area contributed by atoms with E-state index in [1.807, 2.05) is 31.4 Å². The first-order chi connectivity index (χ1) is 10.6. The average Bonchev–Trinajstić information content (AvgIpc) is 2.89. The summed E-state index contributed by atoms with van der Waals surface area (Å²) >= 11 is 1.61. The molecule has 2 N–H and O–H groups in total. The maximum Gasteiger partial charge on any atom is 0.407 e. The highest BCUT2D eigenvalue weighted by Gasteiger charge is 2.42. The van der Waals surface area contributed by atoms with E-state index in [2.05, 4.69) is 5.32 Å². The smallest absolute Gasteiger partial charge is 0.407 e. The number of amides is 1. The van der Waals surface area contributed by atoms with Crippen molar-refractivity contribution in [3.63, 3.8) is 0 Å². The highest BCUT2D eigenvalue weighted by molar-refractivity contribution is 7.09. The SMILES string of the molecule is CC(C)C(CCc1cccs1)(CNC(=O)OC(C)(C)C)C(=O)O. The number of carboxylic acid groups (broad SMARTS) is 1. The van der Waals surface area contributed by atoms with Gasteiger partial charge < -0.3 is 15.2 Å². The zero-order valence-corrected chi connectivity index (χ0v) is 15.3. The Morgan fingerprint density at radius 1 is 1.35 bits per heavy atom. The molecule has 0 aliphatic heterocycles. The largest absolute Gasteiger partial charge is 0.481 e. The Morgan fingerprint density at radius 3 is 2.43 bits per heavy atom. The van der Waals surface area contributed by atoms with E-state index in [0.29, 0.717) is 12.8 Å². The Labute approximate surface area is 142 Å². The van der Waals surface area contributed by atoms with Crippen LogP contribution in [0, 0.1) is 11.3 Å². The molecule has 0 aromatic carbocycles. The first kappa shape index (κ1) is 19.5. The maximum atomic E-state index is 11.9. The third kappa shape index (κ3) is 5.86. The summed E-state index contributed by atoms with van der Waals surface area (Å²) in [5, 5.41) is 14.4. The first-order valence-corrected chi connectivity index (χ1v) is 8.67. The van der Waals surface area contributed by atoms with Crippen molar-refractivity contribution in [1.29, 1.82) is 0 Å². The fourth-order valence-electron chi connectivity index (χ4n) is 2.36. The molecular formula is C17H27NO4S.